The Kier molecular flexibility index (Phi) is 5.59. The Morgan fingerprint density at radius 2 is 1.70 bits per heavy atom. The van der Waals surface area contributed by atoms with Gasteiger partial charge in [0.15, 0.2) is 0 Å². The minimum absolute atomic E-state index is 0.0429. The number of hydrogen-bond acceptors (Lipinski definition) is 2. The zero-order valence-electron chi connectivity index (χ0n) is 11.1. The van der Waals surface area contributed by atoms with Crippen LogP contribution >= 0.6 is 11.6 Å². The average Bonchev–Trinajstić information content (AvgIpc) is 2.47. The fraction of sp³-hybridized carbons (Fsp3) is 0.188. The van der Waals surface area contributed by atoms with Crippen molar-refractivity contribution in [3.8, 4) is 0 Å². The predicted octanol–water partition coefficient (Wildman–Crippen LogP) is 3.46. The highest BCUT2D eigenvalue weighted by Crippen LogP contribution is 2.20. The first kappa shape index (κ1) is 14.6. The van der Waals surface area contributed by atoms with Gasteiger partial charge in [-0.1, -0.05) is 54.1 Å². The normalized spacial score (nSPS) is 10.2. The third kappa shape index (κ3) is 4.68. The van der Waals surface area contributed by atoms with Gasteiger partial charge in [0.2, 0.25) is 5.91 Å². The van der Waals surface area contributed by atoms with Gasteiger partial charge in [0.1, 0.15) is 0 Å². The molecule has 0 saturated carbocycles. The maximum Gasteiger partial charge on any atom is 0.225 e. The van der Waals surface area contributed by atoms with Gasteiger partial charge in [0.25, 0.3) is 0 Å². The maximum absolute atomic E-state index is 11.8. The molecule has 0 bridgehead atoms. The average molecular weight is 289 g/mol. The zero-order valence-corrected chi connectivity index (χ0v) is 11.9. The van der Waals surface area contributed by atoms with Gasteiger partial charge in [-0.2, -0.15) is 0 Å². The van der Waals surface area contributed by atoms with Crippen LogP contribution in [0.3, 0.4) is 0 Å². The lowest BCUT2D eigenvalue weighted by Crippen LogP contribution is -2.21. The monoisotopic (exact) mass is 288 g/mol. The summed E-state index contributed by atoms with van der Waals surface area (Å²) in [5.41, 5.74) is 1.86. The standard InChI is InChI=1S/C16H17ClN2O/c17-14-8-4-5-9-15(14)19-16(20)10-11-18-12-13-6-2-1-3-7-13/h1-9,18H,10-12H2,(H,19,20). The van der Waals surface area contributed by atoms with E-state index in [9.17, 15) is 4.79 Å². The Balaban J connectivity index is 1.69. The molecule has 0 aliphatic carbocycles. The van der Waals surface area contributed by atoms with Gasteiger partial charge < -0.3 is 10.6 Å². The van der Waals surface area contributed by atoms with E-state index in [0.29, 0.717) is 23.7 Å². The van der Waals surface area contributed by atoms with Gasteiger partial charge in [0.05, 0.1) is 10.7 Å². The SMILES string of the molecule is O=C(CCNCc1ccccc1)Nc1ccccc1Cl. The molecule has 2 aromatic carbocycles. The first-order valence-electron chi connectivity index (χ1n) is 6.55. The molecule has 20 heavy (non-hydrogen) atoms. The second-order valence-electron chi connectivity index (χ2n) is 4.44. The fourth-order valence-electron chi connectivity index (χ4n) is 1.81. The van der Waals surface area contributed by atoms with Crippen molar-refractivity contribution in [2.75, 3.05) is 11.9 Å². The smallest absolute Gasteiger partial charge is 0.225 e. The summed E-state index contributed by atoms with van der Waals surface area (Å²) in [6.45, 7) is 1.39. The number of nitrogens with one attached hydrogen (secondary N) is 2. The second-order valence-corrected chi connectivity index (χ2v) is 4.85. The molecule has 0 radical (unpaired) electrons. The molecule has 0 fully saturated rings. The number of carbonyl (C=O) groups excluding carboxylic acids is 1. The van der Waals surface area contributed by atoms with E-state index in [4.69, 9.17) is 11.6 Å². The number of amides is 1. The first-order valence-corrected chi connectivity index (χ1v) is 6.92. The number of para-hydroxylation sites is 1. The molecule has 4 heteroatoms. The fourth-order valence-corrected chi connectivity index (χ4v) is 1.99. The minimum atomic E-state index is -0.0429. The van der Waals surface area contributed by atoms with Crippen LogP contribution in [0.25, 0.3) is 0 Å². The van der Waals surface area contributed by atoms with Gasteiger partial charge in [-0.25, -0.2) is 0 Å². The van der Waals surface area contributed by atoms with Crippen LogP contribution in [0.15, 0.2) is 54.6 Å². The molecular weight excluding hydrogens is 272 g/mol. The van der Waals surface area contributed by atoms with Crippen molar-refractivity contribution in [1.82, 2.24) is 5.32 Å². The summed E-state index contributed by atoms with van der Waals surface area (Å²) in [5, 5.41) is 6.59. The van der Waals surface area contributed by atoms with E-state index in [2.05, 4.69) is 22.8 Å². The summed E-state index contributed by atoms with van der Waals surface area (Å²) in [4.78, 5) is 11.8. The number of hydrogen-bond donors (Lipinski definition) is 2. The molecule has 0 aliphatic heterocycles. The van der Waals surface area contributed by atoms with Gasteiger partial charge >= 0.3 is 0 Å². The molecule has 3 nitrogen and oxygen atoms in total. The summed E-state index contributed by atoms with van der Waals surface area (Å²) in [7, 11) is 0. The Bertz CT molecular complexity index is 557. The molecule has 1 amide bonds. The number of carbonyl (C=O) groups is 1. The Hall–Kier alpha value is -1.84. The number of rotatable bonds is 6. The molecule has 0 heterocycles. The highest BCUT2D eigenvalue weighted by Gasteiger charge is 2.04. The van der Waals surface area contributed by atoms with Crippen LogP contribution in [0.1, 0.15) is 12.0 Å². The Morgan fingerprint density at radius 3 is 2.45 bits per heavy atom. The molecule has 0 unspecified atom stereocenters. The van der Waals surface area contributed by atoms with Crippen molar-refractivity contribution in [3.05, 3.63) is 65.2 Å². The van der Waals surface area contributed by atoms with Crippen LogP contribution in [-0.2, 0) is 11.3 Å². The van der Waals surface area contributed by atoms with E-state index in [1.807, 2.05) is 30.3 Å². The molecular formula is C16H17ClN2O. The van der Waals surface area contributed by atoms with Gasteiger partial charge in [0, 0.05) is 19.5 Å². The van der Waals surface area contributed by atoms with Gasteiger partial charge in [-0.15, -0.1) is 0 Å². The molecule has 0 saturated heterocycles. The van der Waals surface area contributed by atoms with Crippen molar-refractivity contribution in [2.24, 2.45) is 0 Å². The van der Waals surface area contributed by atoms with Crippen LogP contribution in [0.2, 0.25) is 5.02 Å². The molecule has 0 aromatic heterocycles. The lowest BCUT2D eigenvalue weighted by Gasteiger charge is -2.08. The zero-order chi connectivity index (χ0) is 14.2. The van der Waals surface area contributed by atoms with Crippen LogP contribution in [0.4, 0.5) is 5.69 Å². The Morgan fingerprint density at radius 1 is 1.00 bits per heavy atom. The summed E-state index contributed by atoms with van der Waals surface area (Å²) < 4.78 is 0. The third-order valence-electron chi connectivity index (χ3n) is 2.85. The largest absolute Gasteiger partial charge is 0.325 e. The highest BCUT2D eigenvalue weighted by molar-refractivity contribution is 6.33. The lowest BCUT2D eigenvalue weighted by molar-refractivity contribution is -0.116. The van der Waals surface area contributed by atoms with Crippen molar-refractivity contribution >= 4 is 23.2 Å². The van der Waals surface area contributed by atoms with Crippen LogP contribution in [0, 0.1) is 0 Å². The van der Waals surface area contributed by atoms with E-state index in [1.54, 1.807) is 12.1 Å². The number of anilines is 1. The summed E-state index contributed by atoms with van der Waals surface area (Å²) in [6.07, 6.45) is 0.415. The van der Waals surface area contributed by atoms with Gasteiger partial charge in [-0.3, -0.25) is 4.79 Å². The molecule has 0 aliphatic rings. The summed E-state index contributed by atoms with van der Waals surface area (Å²) in [6, 6.07) is 17.3. The predicted molar refractivity (Wildman–Crippen MR) is 82.8 cm³/mol. The summed E-state index contributed by atoms with van der Waals surface area (Å²) >= 11 is 5.98. The second kappa shape index (κ2) is 7.68. The quantitative estimate of drug-likeness (QED) is 0.799. The van der Waals surface area contributed by atoms with E-state index >= 15 is 0 Å². The summed E-state index contributed by atoms with van der Waals surface area (Å²) in [5.74, 6) is -0.0429. The molecule has 104 valence electrons. The molecule has 0 atom stereocenters. The van der Waals surface area contributed by atoms with E-state index in [-0.39, 0.29) is 5.91 Å². The number of benzene rings is 2. The van der Waals surface area contributed by atoms with Gasteiger partial charge in [-0.05, 0) is 17.7 Å². The Labute approximate surface area is 124 Å². The van der Waals surface area contributed by atoms with Crippen LogP contribution in [0.5, 0.6) is 0 Å². The molecule has 2 aromatic rings. The molecule has 0 spiro atoms. The van der Waals surface area contributed by atoms with Crippen LogP contribution in [-0.4, -0.2) is 12.5 Å². The maximum atomic E-state index is 11.8. The van der Waals surface area contributed by atoms with Crippen LogP contribution < -0.4 is 10.6 Å². The molecule has 2 rings (SSSR count). The topological polar surface area (TPSA) is 41.1 Å². The third-order valence-corrected chi connectivity index (χ3v) is 3.18. The highest BCUT2D eigenvalue weighted by atomic mass is 35.5. The first-order chi connectivity index (χ1) is 9.75. The van der Waals surface area contributed by atoms with Crippen molar-refractivity contribution in [3.63, 3.8) is 0 Å². The molecule has 2 N–H and O–H groups in total. The van der Waals surface area contributed by atoms with E-state index < -0.39 is 0 Å². The lowest BCUT2D eigenvalue weighted by atomic mass is 10.2. The van der Waals surface area contributed by atoms with E-state index in [1.165, 1.54) is 5.56 Å². The van der Waals surface area contributed by atoms with E-state index in [0.717, 1.165) is 6.54 Å². The van der Waals surface area contributed by atoms with Crippen molar-refractivity contribution < 1.29 is 4.79 Å². The number of halogens is 1. The van der Waals surface area contributed by atoms with Crippen molar-refractivity contribution in [1.29, 1.82) is 0 Å². The minimum Gasteiger partial charge on any atom is -0.325 e. The van der Waals surface area contributed by atoms with Crippen molar-refractivity contribution in [2.45, 2.75) is 13.0 Å².